The molecule has 0 saturated carbocycles. The fraction of sp³-hybridized carbons (Fsp3) is 0.318. The van der Waals surface area contributed by atoms with E-state index in [1.807, 2.05) is 36.1 Å². The molecule has 0 unspecified atom stereocenters. The van der Waals surface area contributed by atoms with Gasteiger partial charge in [-0.05, 0) is 37.6 Å². The summed E-state index contributed by atoms with van der Waals surface area (Å²) >= 11 is 12.6. The molecule has 3 aromatic rings. The molecule has 1 fully saturated rings. The third kappa shape index (κ3) is 4.59. The van der Waals surface area contributed by atoms with Gasteiger partial charge in [-0.15, -0.1) is 0 Å². The molecule has 32 heavy (non-hydrogen) atoms. The maximum absolute atomic E-state index is 12.2. The monoisotopic (exact) mass is 491 g/mol. The summed E-state index contributed by atoms with van der Waals surface area (Å²) in [6, 6.07) is 7.45. The largest absolute Gasteiger partial charge is 0.353 e. The lowest BCUT2D eigenvalue weighted by molar-refractivity contribution is 0.384. The second-order valence-corrected chi connectivity index (χ2v) is 10.6. The van der Waals surface area contributed by atoms with Gasteiger partial charge in [-0.2, -0.15) is 4.31 Å². The van der Waals surface area contributed by atoms with Crippen molar-refractivity contribution in [2.45, 2.75) is 13.8 Å². The van der Waals surface area contributed by atoms with Gasteiger partial charge in [0.15, 0.2) is 0 Å². The lowest BCUT2D eigenvalue weighted by Crippen LogP contribution is -2.49. The Morgan fingerprint density at radius 1 is 1.00 bits per heavy atom. The van der Waals surface area contributed by atoms with Crippen LogP contribution in [0.1, 0.15) is 12.5 Å². The van der Waals surface area contributed by atoms with Crippen LogP contribution in [0.2, 0.25) is 10.0 Å². The molecule has 10 heteroatoms. The molecular weight excluding hydrogens is 469 g/mol. The van der Waals surface area contributed by atoms with Crippen LogP contribution >= 0.6 is 23.2 Å². The molecular formula is C22H23Cl2N5O2S. The summed E-state index contributed by atoms with van der Waals surface area (Å²) in [6.45, 7) is 5.55. The summed E-state index contributed by atoms with van der Waals surface area (Å²) in [5, 5.41) is 1.13. The number of rotatable bonds is 5. The number of sulfonamides is 1. The Morgan fingerprint density at radius 2 is 1.75 bits per heavy atom. The highest BCUT2D eigenvalue weighted by Crippen LogP contribution is 2.36. The van der Waals surface area contributed by atoms with Crippen molar-refractivity contribution in [3.8, 4) is 22.5 Å². The first kappa shape index (κ1) is 22.9. The van der Waals surface area contributed by atoms with Crippen molar-refractivity contribution in [2.24, 2.45) is 0 Å². The highest BCUT2D eigenvalue weighted by atomic mass is 35.5. The third-order valence-corrected chi connectivity index (χ3v) is 7.97. The SMILES string of the molecule is CCS(=O)(=O)N1CCN(c2cnc(-c3ccc(Cl)cc3C)c(-c3ccncc3Cl)n2)CC1. The van der Waals surface area contributed by atoms with Crippen LogP contribution in [0.15, 0.2) is 42.9 Å². The molecule has 0 N–H and O–H groups in total. The first-order valence-corrected chi connectivity index (χ1v) is 12.6. The van der Waals surface area contributed by atoms with Crippen molar-refractivity contribution >= 4 is 39.0 Å². The number of hydrogen-bond donors (Lipinski definition) is 0. The Kier molecular flexibility index (Phi) is 6.67. The fourth-order valence-corrected chi connectivity index (χ4v) is 5.28. The topological polar surface area (TPSA) is 79.3 Å². The Labute approximate surface area is 198 Å². The number of halogens is 2. The number of pyridine rings is 1. The molecule has 0 aliphatic carbocycles. The number of anilines is 1. The minimum absolute atomic E-state index is 0.104. The summed E-state index contributed by atoms with van der Waals surface area (Å²) in [5.74, 6) is 0.781. The average Bonchev–Trinajstić information content (AvgIpc) is 2.79. The molecule has 0 atom stereocenters. The molecule has 3 heterocycles. The first-order chi connectivity index (χ1) is 15.3. The van der Waals surface area contributed by atoms with Gasteiger partial charge < -0.3 is 4.90 Å². The number of aromatic nitrogens is 3. The predicted octanol–water partition coefficient (Wildman–Crippen LogP) is 4.29. The van der Waals surface area contributed by atoms with Gasteiger partial charge in [0, 0.05) is 54.7 Å². The molecule has 0 spiro atoms. The number of piperazine rings is 1. The Morgan fingerprint density at radius 3 is 2.41 bits per heavy atom. The van der Waals surface area contributed by atoms with Crippen molar-refractivity contribution in [1.29, 1.82) is 0 Å². The van der Waals surface area contributed by atoms with Crippen molar-refractivity contribution in [3.05, 3.63) is 58.5 Å². The quantitative estimate of drug-likeness (QED) is 0.529. The van der Waals surface area contributed by atoms with Gasteiger partial charge in [-0.25, -0.2) is 13.4 Å². The van der Waals surface area contributed by atoms with E-state index >= 15 is 0 Å². The normalized spacial score (nSPS) is 15.2. The van der Waals surface area contributed by atoms with Crippen LogP contribution in [0.5, 0.6) is 0 Å². The standard InChI is InChI=1S/C22H23Cl2N5O2S/c1-3-32(30,31)29-10-8-28(9-11-29)20-14-26-21(17-5-4-16(23)12-15(17)2)22(27-20)18-6-7-25-13-19(18)24/h4-7,12-14H,3,8-11H2,1-2H3. The molecule has 1 aromatic carbocycles. The Hall–Kier alpha value is -2.26. The number of hydrogen-bond acceptors (Lipinski definition) is 6. The number of aryl methyl sites for hydroxylation is 1. The smallest absolute Gasteiger partial charge is 0.213 e. The predicted molar refractivity (Wildman–Crippen MR) is 129 cm³/mol. The van der Waals surface area contributed by atoms with E-state index in [0.717, 1.165) is 16.7 Å². The van der Waals surface area contributed by atoms with Crippen LogP contribution in [0.25, 0.3) is 22.5 Å². The zero-order chi connectivity index (χ0) is 22.9. The van der Waals surface area contributed by atoms with Gasteiger partial charge >= 0.3 is 0 Å². The van der Waals surface area contributed by atoms with Crippen LogP contribution in [-0.4, -0.2) is 59.6 Å². The highest BCUT2D eigenvalue weighted by Gasteiger charge is 2.27. The lowest BCUT2D eigenvalue weighted by atomic mass is 10.0. The zero-order valence-electron chi connectivity index (χ0n) is 17.8. The second kappa shape index (κ2) is 9.31. The van der Waals surface area contributed by atoms with E-state index in [2.05, 4.69) is 4.98 Å². The van der Waals surface area contributed by atoms with E-state index in [-0.39, 0.29) is 5.75 Å². The van der Waals surface area contributed by atoms with Gasteiger partial charge in [-0.3, -0.25) is 9.97 Å². The lowest BCUT2D eigenvalue weighted by Gasteiger charge is -2.34. The molecule has 1 saturated heterocycles. The molecule has 1 aliphatic heterocycles. The summed E-state index contributed by atoms with van der Waals surface area (Å²) in [4.78, 5) is 15.8. The number of nitrogens with zero attached hydrogens (tertiary/aromatic N) is 5. The minimum Gasteiger partial charge on any atom is -0.353 e. The minimum atomic E-state index is -3.20. The molecule has 0 radical (unpaired) electrons. The van der Waals surface area contributed by atoms with E-state index in [0.29, 0.717) is 53.4 Å². The van der Waals surface area contributed by atoms with Gasteiger partial charge in [0.25, 0.3) is 0 Å². The van der Waals surface area contributed by atoms with Crippen molar-refractivity contribution in [2.75, 3.05) is 36.8 Å². The summed E-state index contributed by atoms with van der Waals surface area (Å²) in [6.07, 6.45) is 4.98. The second-order valence-electron chi connectivity index (χ2n) is 7.53. The van der Waals surface area contributed by atoms with Crippen LogP contribution in [0.3, 0.4) is 0 Å². The van der Waals surface area contributed by atoms with Crippen LogP contribution in [-0.2, 0) is 10.0 Å². The first-order valence-electron chi connectivity index (χ1n) is 10.3. The van der Waals surface area contributed by atoms with Crippen molar-refractivity contribution in [1.82, 2.24) is 19.3 Å². The third-order valence-electron chi connectivity index (χ3n) is 5.55. The van der Waals surface area contributed by atoms with Gasteiger partial charge in [0.2, 0.25) is 10.0 Å². The zero-order valence-corrected chi connectivity index (χ0v) is 20.1. The van der Waals surface area contributed by atoms with Crippen LogP contribution < -0.4 is 4.90 Å². The summed E-state index contributed by atoms with van der Waals surface area (Å²) in [7, 11) is -3.20. The highest BCUT2D eigenvalue weighted by molar-refractivity contribution is 7.89. The number of benzene rings is 1. The Balaban J connectivity index is 1.74. The van der Waals surface area contributed by atoms with Crippen molar-refractivity contribution in [3.63, 3.8) is 0 Å². The van der Waals surface area contributed by atoms with Crippen molar-refractivity contribution < 1.29 is 8.42 Å². The fourth-order valence-electron chi connectivity index (χ4n) is 3.76. The molecule has 0 bridgehead atoms. The maximum atomic E-state index is 12.2. The van der Waals surface area contributed by atoms with Gasteiger partial charge in [0.1, 0.15) is 11.5 Å². The van der Waals surface area contributed by atoms with Crippen LogP contribution in [0, 0.1) is 6.92 Å². The molecule has 168 valence electrons. The molecule has 2 aromatic heterocycles. The van der Waals surface area contributed by atoms with Gasteiger partial charge in [0.05, 0.1) is 22.7 Å². The van der Waals surface area contributed by atoms with E-state index in [4.69, 9.17) is 33.2 Å². The average molecular weight is 492 g/mol. The van der Waals surface area contributed by atoms with Gasteiger partial charge in [-0.1, -0.05) is 29.3 Å². The molecule has 1 aliphatic rings. The van der Waals surface area contributed by atoms with Crippen LogP contribution in [0.4, 0.5) is 5.82 Å². The summed E-state index contributed by atoms with van der Waals surface area (Å²) < 4.78 is 25.9. The molecule has 4 rings (SSSR count). The Bertz CT molecular complexity index is 1240. The summed E-state index contributed by atoms with van der Waals surface area (Å²) in [5.41, 5.74) is 3.96. The van der Waals surface area contributed by atoms with E-state index in [1.54, 1.807) is 25.5 Å². The van der Waals surface area contributed by atoms with E-state index < -0.39 is 10.0 Å². The molecule has 7 nitrogen and oxygen atoms in total. The maximum Gasteiger partial charge on any atom is 0.213 e. The van der Waals surface area contributed by atoms with E-state index in [1.165, 1.54) is 4.31 Å². The molecule has 0 amide bonds. The van der Waals surface area contributed by atoms with E-state index in [9.17, 15) is 8.42 Å².